The highest BCUT2D eigenvalue weighted by Crippen LogP contribution is 2.21. The number of para-hydroxylation sites is 1. The summed E-state index contributed by atoms with van der Waals surface area (Å²) in [6.07, 6.45) is 0. The molecule has 2 rings (SSSR count). The van der Waals surface area contributed by atoms with Gasteiger partial charge < -0.3 is 9.57 Å². The van der Waals surface area contributed by atoms with E-state index in [0.29, 0.717) is 5.75 Å². The van der Waals surface area contributed by atoms with Gasteiger partial charge in [0.1, 0.15) is 17.5 Å². The predicted molar refractivity (Wildman–Crippen MR) is 93.6 cm³/mol. The van der Waals surface area contributed by atoms with Crippen molar-refractivity contribution in [3.05, 3.63) is 60.2 Å². The summed E-state index contributed by atoms with van der Waals surface area (Å²) in [6.45, 7) is 4.23. The Labute approximate surface area is 147 Å². The molecule has 128 valence electrons. The van der Waals surface area contributed by atoms with Crippen molar-refractivity contribution in [3.8, 4) is 23.3 Å². The average Bonchev–Trinajstić information content (AvgIpc) is 2.58. The molecule has 0 saturated heterocycles. The van der Waals surface area contributed by atoms with Crippen molar-refractivity contribution in [1.82, 2.24) is 5.06 Å². The van der Waals surface area contributed by atoms with Crippen LogP contribution in [0.3, 0.4) is 0 Å². The molecule has 0 aromatic heterocycles. The fraction of sp³-hybridized carbons (Fsp3) is 0.200. The van der Waals surface area contributed by atoms with Gasteiger partial charge in [0.2, 0.25) is 0 Å². The second kappa shape index (κ2) is 8.55. The number of hydroxylamine groups is 2. The van der Waals surface area contributed by atoms with E-state index >= 15 is 0 Å². The lowest BCUT2D eigenvalue weighted by Crippen LogP contribution is -2.37. The molecule has 5 nitrogen and oxygen atoms in total. The topological polar surface area (TPSA) is 55.8 Å². The Hall–Kier alpha value is -3.26. The fourth-order valence-electron chi connectivity index (χ4n) is 2.06. The molecule has 0 spiro atoms. The van der Waals surface area contributed by atoms with Crippen LogP contribution < -0.4 is 4.74 Å². The van der Waals surface area contributed by atoms with Crippen molar-refractivity contribution >= 4 is 11.9 Å². The summed E-state index contributed by atoms with van der Waals surface area (Å²) in [7, 11) is 0. The van der Waals surface area contributed by atoms with Gasteiger partial charge in [0, 0.05) is 19.4 Å². The van der Waals surface area contributed by atoms with Gasteiger partial charge >= 0.3 is 5.97 Å². The third-order valence-electron chi connectivity index (χ3n) is 3.13. The smallest absolute Gasteiger partial charge is 0.329 e. The van der Waals surface area contributed by atoms with Crippen molar-refractivity contribution in [2.75, 3.05) is 0 Å². The van der Waals surface area contributed by atoms with E-state index in [4.69, 9.17) is 9.57 Å². The maximum atomic E-state index is 11.6. The van der Waals surface area contributed by atoms with Gasteiger partial charge in [-0.15, -0.1) is 0 Å². The molecule has 0 radical (unpaired) electrons. The molecule has 5 heteroatoms. The number of hydrogen-bond acceptors (Lipinski definition) is 4. The van der Waals surface area contributed by atoms with Crippen molar-refractivity contribution in [2.45, 2.75) is 26.8 Å². The van der Waals surface area contributed by atoms with Crippen LogP contribution in [0.2, 0.25) is 0 Å². The molecule has 2 aromatic carbocycles. The zero-order valence-corrected chi connectivity index (χ0v) is 14.4. The number of ether oxygens (including phenoxy) is 1. The molecule has 0 aliphatic heterocycles. The first-order chi connectivity index (χ1) is 12.0. The lowest BCUT2D eigenvalue weighted by Gasteiger charge is -2.21. The molecular formula is C20H19NO4. The minimum Gasteiger partial charge on any atom is -0.457 e. The lowest BCUT2D eigenvalue weighted by molar-refractivity contribution is -0.199. The van der Waals surface area contributed by atoms with Crippen molar-refractivity contribution in [3.63, 3.8) is 0 Å². The summed E-state index contributed by atoms with van der Waals surface area (Å²) in [6, 6.07) is 16.2. The van der Waals surface area contributed by atoms with Crippen LogP contribution in [0.4, 0.5) is 0 Å². The molecule has 0 aliphatic carbocycles. The maximum absolute atomic E-state index is 11.6. The summed E-state index contributed by atoms with van der Waals surface area (Å²) >= 11 is 0. The molecule has 0 bridgehead atoms. The van der Waals surface area contributed by atoms with Gasteiger partial charge in [-0.3, -0.25) is 9.59 Å². The lowest BCUT2D eigenvalue weighted by atomic mass is 10.2. The van der Waals surface area contributed by atoms with E-state index < -0.39 is 17.9 Å². The minimum atomic E-state index is -0.569. The van der Waals surface area contributed by atoms with E-state index in [1.807, 2.05) is 48.5 Å². The number of nitrogens with zero attached hydrogens (tertiary/aromatic N) is 1. The average molecular weight is 337 g/mol. The van der Waals surface area contributed by atoms with Crippen LogP contribution in [0, 0.1) is 11.8 Å². The molecule has 25 heavy (non-hydrogen) atoms. The summed E-state index contributed by atoms with van der Waals surface area (Å²) < 4.78 is 5.76. The highest BCUT2D eigenvalue weighted by molar-refractivity contribution is 5.75. The fourth-order valence-corrected chi connectivity index (χ4v) is 2.06. The van der Waals surface area contributed by atoms with Crippen molar-refractivity contribution in [2.24, 2.45) is 0 Å². The molecule has 1 atom stereocenters. The van der Waals surface area contributed by atoms with Crippen LogP contribution in [-0.2, 0) is 14.4 Å². The Balaban J connectivity index is 2.12. The van der Waals surface area contributed by atoms with E-state index in [2.05, 4.69) is 11.8 Å². The molecule has 0 aliphatic rings. The molecule has 0 N–H and O–H groups in total. The van der Waals surface area contributed by atoms with E-state index in [-0.39, 0.29) is 0 Å². The van der Waals surface area contributed by atoms with Crippen LogP contribution in [0.1, 0.15) is 26.3 Å². The highest BCUT2D eigenvalue weighted by atomic mass is 16.7. The highest BCUT2D eigenvalue weighted by Gasteiger charge is 2.18. The van der Waals surface area contributed by atoms with Gasteiger partial charge in [0.05, 0.1) is 0 Å². The van der Waals surface area contributed by atoms with Crippen LogP contribution in [0.15, 0.2) is 54.6 Å². The van der Waals surface area contributed by atoms with Crippen molar-refractivity contribution < 1.29 is 19.2 Å². The molecule has 2 aromatic rings. The second-order valence-electron chi connectivity index (χ2n) is 5.32. The van der Waals surface area contributed by atoms with E-state index in [9.17, 15) is 9.59 Å². The molecular weight excluding hydrogens is 318 g/mol. The molecule has 1 unspecified atom stereocenters. The van der Waals surface area contributed by atoms with E-state index in [1.165, 1.54) is 13.8 Å². The summed E-state index contributed by atoms with van der Waals surface area (Å²) in [5, 5.41) is 0.958. The Morgan fingerprint density at radius 3 is 2.32 bits per heavy atom. The third kappa shape index (κ3) is 5.70. The van der Waals surface area contributed by atoms with Gasteiger partial charge in [-0.1, -0.05) is 36.1 Å². The zero-order valence-electron chi connectivity index (χ0n) is 14.4. The molecule has 1 amide bonds. The van der Waals surface area contributed by atoms with Gasteiger partial charge in [-0.25, -0.2) is 0 Å². The maximum Gasteiger partial charge on any atom is 0.329 e. The van der Waals surface area contributed by atoms with Crippen LogP contribution >= 0.6 is 0 Å². The number of hydrogen-bond donors (Lipinski definition) is 0. The third-order valence-corrected chi connectivity index (χ3v) is 3.13. The SMILES string of the molecule is CC(=O)ON(C(C)=O)C(C)C#Cc1cccc(Oc2ccccc2)c1. The largest absolute Gasteiger partial charge is 0.457 e. The predicted octanol–water partition coefficient (Wildman–Crippen LogP) is 3.55. The molecule has 0 heterocycles. The van der Waals surface area contributed by atoms with Crippen LogP contribution in [0.5, 0.6) is 11.5 Å². The van der Waals surface area contributed by atoms with Gasteiger partial charge in [0.25, 0.3) is 5.91 Å². The Morgan fingerprint density at radius 1 is 1.00 bits per heavy atom. The summed E-state index contributed by atoms with van der Waals surface area (Å²) in [5.41, 5.74) is 0.728. The first-order valence-corrected chi connectivity index (χ1v) is 7.78. The number of carbonyl (C=O) groups is 2. The zero-order chi connectivity index (χ0) is 18.2. The molecule has 0 saturated carbocycles. The van der Waals surface area contributed by atoms with Gasteiger partial charge in [-0.05, 0) is 37.3 Å². The van der Waals surface area contributed by atoms with Gasteiger partial charge in [-0.2, -0.15) is 5.06 Å². The Morgan fingerprint density at radius 2 is 1.68 bits per heavy atom. The number of rotatable bonds is 3. The molecule has 0 fully saturated rings. The van der Waals surface area contributed by atoms with Crippen LogP contribution in [0.25, 0.3) is 0 Å². The van der Waals surface area contributed by atoms with Crippen molar-refractivity contribution in [1.29, 1.82) is 0 Å². The summed E-state index contributed by atoms with van der Waals surface area (Å²) in [4.78, 5) is 27.5. The first-order valence-electron chi connectivity index (χ1n) is 7.78. The van der Waals surface area contributed by atoms with E-state index in [1.54, 1.807) is 13.0 Å². The standard InChI is InChI=1S/C20H19NO4/c1-15(21(16(2)22)25-17(3)23)12-13-18-8-7-11-20(14-18)24-19-9-5-4-6-10-19/h4-11,14-15H,1-3H3. The Bertz CT molecular complexity index is 805. The Kier molecular flexibility index (Phi) is 6.19. The normalized spacial score (nSPS) is 10.8. The second-order valence-corrected chi connectivity index (χ2v) is 5.32. The van der Waals surface area contributed by atoms with E-state index in [0.717, 1.165) is 16.4 Å². The monoisotopic (exact) mass is 337 g/mol. The summed E-state index contributed by atoms with van der Waals surface area (Å²) in [5.74, 6) is 6.30. The quantitative estimate of drug-likeness (QED) is 0.635. The first kappa shape index (κ1) is 18.1. The number of amides is 1. The van der Waals surface area contributed by atoms with Gasteiger partial charge in [0.15, 0.2) is 0 Å². The van der Waals surface area contributed by atoms with Crippen LogP contribution in [-0.4, -0.2) is 23.0 Å². The number of carbonyl (C=O) groups excluding carboxylic acids is 2. The number of benzene rings is 2. The minimum absolute atomic E-state index is 0.391.